The lowest BCUT2D eigenvalue weighted by atomic mass is 9.72. The van der Waals surface area contributed by atoms with Crippen LogP contribution in [0.25, 0.3) is 0 Å². The van der Waals surface area contributed by atoms with Crippen LogP contribution in [-0.2, 0) is 20.7 Å². The minimum absolute atomic E-state index is 0.278. The van der Waals surface area contributed by atoms with Crippen LogP contribution in [0.4, 0.5) is 4.79 Å². The lowest BCUT2D eigenvalue weighted by molar-refractivity contribution is -0.135. The number of rotatable bonds is 5. The highest BCUT2D eigenvalue weighted by Gasteiger charge is 2.50. The summed E-state index contributed by atoms with van der Waals surface area (Å²) < 4.78 is 0. The highest BCUT2D eigenvalue weighted by atomic mass is 32.1. The third-order valence-electron chi connectivity index (χ3n) is 5.50. The lowest BCUT2D eigenvalue weighted by Crippen LogP contribution is -2.54. The van der Waals surface area contributed by atoms with Crippen LogP contribution >= 0.6 is 11.3 Å². The molecular weight excluding hydrogens is 362 g/mol. The van der Waals surface area contributed by atoms with Crippen molar-refractivity contribution in [2.45, 2.75) is 37.3 Å². The molecule has 1 unspecified atom stereocenters. The maximum absolute atomic E-state index is 12.9. The molecule has 2 fully saturated rings. The molecule has 4 amide bonds. The number of carbonyl (C=O) groups is 3. The van der Waals surface area contributed by atoms with Gasteiger partial charge in [0.25, 0.3) is 5.91 Å². The summed E-state index contributed by atoms with van der Waals surface area (Å²) in [4.78, 5) is 39.7. The number of thiophene rings is 1. The summed E-state index contributed by atoms with van der Waals surface area (Å²) in [5.41, 5.74) is -0.446. The SMILES string of the molecule is CC1(c2cccs2)NC(=O)N(CC(=O)NC2(c3ccccc3)CCC2)C1=O. The van der Waals surface area contributed by atoms with E-state index in [1.165, 1.54) is 11.3 Å². The summed E-state index contributed by atoms with van der Waals surface area (Å²) in [6, 6.07) is 13.0. The number of carbonyl (C=O) groups excluding carboxylic acids is 3. The van der Waals surface area contributed by atoms with Crippen molar-refractivity contribution < 1.29 is 14.4 Å². The van der Waals surface area contributed by atoms with Gasteiger partial charge in [-0.15, -0.1) is 11.3 Å². The largest absolute Gasteiger partial charge is 0.345 e. The van der Waals surface area contributed by atoms with Gasteiger partial charge in [-0.2, -0.15) is 0 Å². The lowest BCUT2D eigenvalue weighted by Gasteiger charge is -2.43. The molecule has 0 spiro atoms. The Morgan fingerprint density at radius 2 is 1.93 bits per heavy atom. The first-order valence-electron chi connectivity index (χ1n) is 8.99. The maximum atomic E-state index is 12.9. The number of urea groups is 1. The fourth-order valence-corrected chi connectivity index (χ4v) is 4.63. The predicted octanol–water partition coefficient (Wildman–Crippen LogP) is 2.71. The smallest absolute Gasteiger partial charge is 0.325 e. The van der Waals surface area contributed by atoms with E-state index in [-0.39, 0.29) is 12.5 Å². The fraction of sp³-hybridized carbons (Fsp3) is 0.350. The van der Waals surface area contributed by atoms with Gasteiger partial charge < -0.3 is 10.6 Å². The second-order valence-electron chi connectivity index (χ2n) is 7.27. The Labute approximate surface area is 161 Å². The van der Waals surface area contributed by atoms with E-state index in [4.69, 9.17) is 0 Å². The van der Waals surface area contributed by atoms with Crippen molar-refractivity contribution >= 4 is 29.2 Å². The Balaban J connectivity index is 1.48. The molecule has 1 saturated carbocycles. The summed E-state index contributed by atoms with van der Waals surface area (Å²) >= 11 is 1.40. The van der Waals surface area contributed by atoms with E-state index in [0.717, 1.165) is 34.6 Å². The van der Waals surface area contributed by atoms with Gasteiger partial charge in [-0.3, -0.25) is 14.5 Å². The number of hydrogen-bond acceptors (Lipinski definition) is 4. The fourth-order valence-electron chi connectivity index (χ4n) is 3.79. The van der Waals surface area contributed by atoms with Crippen molar-refractivity contribution in [2.24, 2.45) is 0 Å². The third kappa shape index (κ3) is 2.92. The first-order chi connectivity index (χ1) is 12.9. The molecule has 0 bridgehead atoms. The highest BCUT2D eigenvalue weighted by Crippen LogP contribution is 2.41. The second-order valence-corrected chi connectivity index (χ2v) is 8.22. The summed E-state index contributed by atoms with van der Waals surface area (Å²) in [5, 5.41) is 7.65. The average molecular weight is 383 g/mol. The molecule has 1 aromatic heterocycles. The van der Waals surface area contributed by atoms with E-state index in [2.05, 4.69) is 10.6 Å². The van der Waals surface area contributed by atoms with E-state index in [1.54, 1.807) is 6.92 Å². The molecule has 1 atom stereocenters. The summed E-state index contributed by atoms with van der Waals surface area (Å²) in [7, 11) is 0. The van der Waals surface area contributed by atoms with Crippen LogP contribution in [0.5, 0.6) is 0 Å². The molecule has 2 aliphatic rings. The molecular formula is C20H21N3O3S. The van der Waals surface area contributed by atoms with Crippen LogP contribution in [0, 0.1) is 0 Å². The standard InChI is InChI=1S/C20H21N3O3S/c1-19(15-9-5-12-27-15)17(25)23(18(26)22-19)13-16(24)21-20(10-6-11-20)14-7-3-2-4-8-14/h2-5,7-9,12H,6,10-11,13H2,1H3,(H,21,24)(H,22,26). The zero-order chi connectivity index (χ0) is 19.1. The van der Waals surface area contributed by atoms with Crippen molar-refractivity contribution in [3.05, 3.63) is 58.3 Å². The Morgan fingerprint density at radius 3 is 2.52 bits per heavy atom. The number of hydrogen-bond donors (Lipinski definition) is 2. The van der Waals surface area contributed by atoms with E-state index < -0.39 is 23.0 Å². The van der Waals surface area contributed by atoms with E-state index in [9.17, 15) is 14.4 Å². The number of benzene rings is 1. The van der Waals surface area contributed by atoms with E-state index >= 15 is 0 Å². The van der Waals surface area contributed by atoms with Crippen LogP contribution in [0.15, 0.2) is 47.8 Å². The van der Waals surface area contributed by atoms with Gasteiger partial charge in [0.1, 0.15) is 6.54 Å². The molecule has 1 aliphatic heterocycles. The molecule has 2 N–H and O–H groups in total. The Kier molecular flexibility index (Phi) is 4.26. The molecule has 0 radical (unpaired) electrons. The van der Waals surface area contributed by atoms with Gasteiger partial charge in [-0.05, 0) is 43.2 Å². The summed E-state index contributed by atoms with van der Waals surface area (Å²) in [6.45, 7) is 1.40. The number of nitrogens with zero attached hydrogens (tertiary/aromatic N) is 1. The number of imide groups is 1. The highest BCUT2D eigenvalue weighted by molar-refractivity contribution is 7.10. The molecule has 1 saturated heterocycles. The zero-order valence-corrected chi connectivity index (χ0v) is 15.8. The van der Waals surface area contributed by atoms with Crippen LogP contribution in [0.1, 0.15) is 36.6 Å². The van der Waals surface area contributed by atoms with E-state index in [1.807, 2.05) is 47.8 Å². The Morgan fingerprint density at radius 1 is 1.19 bits per heavy atom. The van der Waals surface area contributed by atoms with Gasteiger partial charge in [0.05, 0.1) is 5.54 Å². The molecule has 140 valence electrons. The molecule has 6 nitrogen and oxygen atoms in total. The Hall–Kier alpha value is -2.67. The van der Waals surface area contributed by atoms with Crippen LogP contribution in [0.3, 0.4) is 0 Å². The number of nitrogens with one attached hydrogen (secondary N) is 2. The van der Waals surface area contributed by atoms with E-state index in [0.29, 0.717) is 0 Å². The molecule has 1 aromatic carbocycles. The van der Waals surface area contributed by atoms with Crippen molar-refractivity contribution in [1.82, 2.24) is 15.5 Å². The van der Waals surface area contributed by atoms with Crippen LogP contribution in [-0.4, -0.2) is 29.3 Å². The average Bonchev–Trinajstić information content (AvgIpc) is 3.24. The van der Waals surface area contributed by atoms with Crippen molar-refractivity contribution in [3.8, 4) is 0 Å². The zero-order valence-electron chi connectivity index (χ0n) is 15.0. The Bertz CT molecular complexity index is 877. The monoisotopic (exact) mass is 383 g/mol. The van der Waals surface area contributed by atoms with Crippen molar-refractivity contribution in [2.75, 3.05) is 6.54 Å². The molecule has 1 aliphatic carbocycles. The van der Waals surface area contributed by atoms with Gasteiger partial charge >= 0.3 is 6.03 Å². The topological polar surface area (TPSA) is 78.5 Å². The minimum Gasteiger partial charge on any atom is -0.345 e. The molecule has 2 aromatic rings. The summed E-state index contributed by atoms with van der Waals surface area (Å²) in [5.74, 6) is -0.718. The quantitative estimate of drug-likeness (QED) is 0.780. The second kappa shape index (κ2) is 6.49. The van der Waals surface area contributed by atoms with Gasteiger partial charge in [0.2, 0.25) is 5.91 Å². The van der Waals surface area contributed by atoms with Gasteiger partial charge in [0.15, 0.2) is 5.54 Å². The third-order valence-corrected chi connectivity index (χ3v) is 6.59. The van der Waals surface area contributed by atoms with Crippen LogP contribution in [0.2, 0.25) is 0 Å². The van der Waals surface area contributed by atoms with Gasteiger partial charge in [-0.25, -0.2) is 4.79 Å². The molecule has 7 heteroatoms. The number of amides is 4. The minimum atomic E-state index is -1.11. The predicted molar refractivity (Wildman–Crippen MR) is 102 cm³/mol. The van der Waals surface area contributed by atoms with Crippen molar-refractivity contribution in [1.29, 1.82) is 0 Å². The normalized spacial score (nSPS) is 23.7. The van der Waals surface area contributed by atoms with Gasteiger partial charge in [-0.1, -0.05) is 36.4 Å². The van der Waals surface area contributed by atoms with Gasteiger partial charge in [0, 0.05) is 4.88 Å². The molecule has 4 rings (SSSR count). The molecule has 2 heterocycles. The molecule has 27 heavy (non-hydrogen) atoms. The van der Waals surface area contributed by atoms with Crippen LogP contribution < -0.4 is 10.6 Å². The first kappa shape index (κ1) is 17.7. The van der Waals surface area contributed by atoms with Crippen molar-refractivity contribution in [3.63, 3.8) is 0 Å². The first-order valence-corrected chi connectivity index (χ1v) is 9.87. The maximum Gasteiger partial charge on any atom is 0.325 e. The summed E-state index contributed by atoms with van der Waals surface area (Å²) in [6.07, 6.45) is 2.75.